The zero-order valence-corrected chi connectivity index (χ0v) is 47.8. The van der Waals surface area contributed by atoms with Crippen molar-refractivity contribution < 1.29 is 42.1 Å². The molecule has 9 nitrogen and oxygen atoms in total. The second-order valence-electron chi connectivity index (χ2n) is 20.3. The summed E-state index contributed by atoms with van der Waals surface area (Å²) in [6, 6.07) is 0. The van der Waals surface area contributed by atoms with Crippen LogP contribution in [0.25, 0.3) is 0 Å². The zero-order valence-electron chi connectivity index (χ0n) is 46.9. The molecule has 0 bridgehead atoms. The summed E-state index contributed by atoms with van der Waals surface area (Å²) < 4.78 is 34.5. The van der Waals surface area contributed by atoms with Crippen molar-refractivity contribution in [2.75, 3.05) is 47.5 Å². The maximum absolute atomic E-state index is 12.8. The predicted molar refractivity (Wildman–Crippen MR) is 307 cm³/mol. The molecule has 2 atom stereocenters. The molecule has 0 spiro atoms. The highest BCUT2D eigenvalue weighted by Gasteiger charge is 2.27. The molecule has 0 aliphatic rings. The van der Waals surface area contributed by atoms with Crippen molar-refractivity contribution in [1.82, 2.24) is 0 Å². The number of nitrogens with zero attached hydrogens (tertiary/aromatic N) is 1. The Morgan fingerprint density at radius 1 is 0.444 bits per heavy atom. The molecule has 0 aliphatic carbocycles. The molecule has 10 heteroatoms. The van der Waals surface area contributed by atoms with Gasteiger partial charge in [-0.3, -0.25) is 18.6 Å². The van der Waals surface area contributed by atoms with Crippen LogP contribution in [-0.2, 0) is 32.7 Å². The van der Waals surface area contributed by atoms with Gasteiger partial charge in [-0.05, 0) is 89.9 Å². The van der Waals surface area contributed by atoms with Gasteiger partial charge in [0, 0.05) is 12.8 Å². The third-order valence-corrected chi connectivity index (χ3v) is 13.1. The lowest BCUT2D eigenvalue weighted by Crippen LogP contribution is -2.37. The second kappa shape index (κ2) is 52.8. The number of likely N-dealkylation sites (N-methyl/N-ethyl adjacent to an activating group) is 1. The quantitative estimate of drug-likeness (QED) is 0.0211. The normalized spacial score (nSPS) is 14.0. The minimum atomic E-state index is -4.41. The number of esters is 2. The first-order valence-corrected chi connectivity index (χ1v) is 30.5. The van der Waals surface area contributed by atoms with E-state index in [9.17, 15) is 19.0 Å². The van der Waals surface area contributed by atoms with Crippen molar-refractivity contribution in [2.45, 2.75) is 238 Å². The molecule has 0 aromatic heterocycles. The molecule has 0 aromatic carbocycles. The Bertz CT molecular complexity index is 1540. The number of quaternary nitrogens is 1. The van der Waals surface area contributed by atoms with Crippen molar-refractivity contribution in [2.24, 2.45) is 0 Å². The van der Waals surface area contributed by atoms with Crippen molar-refractivity contribution in [3.63, 3.8) is 0 Å². The molecule has 0 saturated heterocycles. The van der Waals surface area contributed by atoms with E-state index in [4.69, 9.17) is 18.5 Å². The summed E-state index contributed by atoms with van der Waals surface area (Å²) >= 11 is 0. The Morgan fingerprint density at radius 2 is 0.806 bits per heavy atom. The monoisotopic (exact) mass is 1030 g/mol. The third kappa shape index (κ3) is 56.2. The standard InChI is InChI=1S/C62H108NO8P/c1-6-8-10-12-14-16-18-20-22-24-26-28-30-31-33-34-36-38-40-42-44-46-48-50-52-54-61(64)68-58-60(59-70-72(66,67)69-57-56-63(3,4)5)71-62(65)55-53-51-49-47-45-43-41-39-37-35-32-29-27-25-23-21-19-17-15-13-11-9-7-2/h9,11,15,17,21,23-24,26-27,29,35,37,41,43,47,49,60H,6-8,10,12-14,16,18-20,22,25,28,30-34,36,38-40,42,44-46,48,50-59H2,1-5H3/p+1/b11-9-,17-15-,23-21-,26-24-,29-27-,37-35-,43-41-,49-47-. The number of carbonyl (C=O) groups excluding carboxylic acids is 2. The van der Waals surface area contributed by atoms with E-state index < -0.39 is 26.5 Å². The lowest BCUT2D eigenvalue weighted by atomic mass is 10.0. The summed E-state index contributed by atoms with van der Waals surface area (Å²) in [5.41, 5.74) is 0. The Labute approximate surface area is 443 Å². The van der Waals surface area contributed by atoms with Gasteiger partial charge in [0.25, 0.3) is 0 Å². The molecule has 0 aromatic rings. The summed E-state index contributed by atoms with van der Waals surface area (Å²) in [6.45, 7) is 4.26. The molecule has 0 aliphatic heterocycles. The molecule has 72 heavy (non-hydrogen) atoms. The minimum Gasteiger partial charge on any atom is -0.462 e. The van der Waals surface area contributed by atoms with Gasteiger partial charge in [-0.1, -0.05) is 227 Å². The van der Waals surface area contributed by atoms with Gasteiger partial charge >= 0.3 is 19.8 Å². The maximum atomic E-state index is 12.8. The van der Waals surface area contributed by atoms with E-state index in [1.54, 1.807) is 0 Å². The van der Waals surface area contributed by atoms with Crippen LogP contribution in [0, 0.1) is 0 Å². The average Bonchev–Trinajstić information content (AvgIpc) is 3.34. The summed E-state index contributed by atoms with van der Waals surface area (Å²) in [5.74, 6) is -0.869. The molecule has 0 radical (unpaired) electrons. The maximum Gasteiger partial charge on any atom is 0.472 e. The minimum absolute atomic E-state index is 0.0163. The first-order valence-electron chi connectivity index (χ1n) is 29.0. The highest BCUT2D eigenvalue weighted by Crippen LogP contribution is 2.43. The molecule has 0 saturated carbocycles. The SMILES string of the molecule is CC/C=C\C/C=C\C/C=C\C/C=C\C/C=C\C/C=C\C/C=C\CCCC(=O)OC(COC(=O)CCCCCCCCCCCCCCC/C=C\CCCCCCCCCC)COP(=O)(O)OCC[N+](C)(C)C. The highest BCUT2D eigenvalue weighted by molar-refractivity contribution is 7.47. The van der Waals surface area contributed by atoms with Crippen LogP contribution in [0.3, 0.4) is 0 Å². The smallest absolute Gasteiger partial charge is 0.462 e. The van der Waals surface area contributed by atoms with E-state index in [0.29, 0.717) is 23.9 Å². The largest absolute Gasteiger partial charge is 0.472 e. The van der Waals surface area contributed by atoms with Crippen LogP contribution in [0.4, 0.5) is 0 Å². The van der Waals surface area contributed by atoms with E-state index in [0.717, 1.165) is 64.2 Å². The van der Waals surface area contributed by atoms with Gasteiger partial charge in [0.15, 0.2) is 6.10 Å². The van der Waals surface area contributed by atoms with Gasteiger partial charge < -0.3 is 18.9 Å². The molecular weight excluding hydrogens is 918 g/mol. The molecule has 1 N–H and O–H groups in total. The van der Waals surface area contributed by atoms with Crippen molar-refractivity contribution in [3.8, 4) is 0 Å². The molecular formula is C62H109NO8P+. The van der Waals surface area contributed by atoms with Crippen LogP contribution in [0.1, 0.15) is 232 Å². The Hall–Kier alpha value is -3.07. The van der Waals surface area contributed by atoms with Crippen LogP contribution in [0.2, 0.25) is 0 Å². The molecule has 2 unspecified atom stereocenters. The van der Waals surface area contributed by atoms with E-state index >= 15 is 0 Å². The average molecular weight is 1030 g/mol. The number of rotatable bonds is 52. The van der Waals surface area contributed by atoms with Gasteiger partial charge in [-0.15, -0.1) is 0 Å². The van der Waals surface area contributed by atoms with Crippen LogP contribution in [0.15, 0.2) is 97.2 Å². The fraction of sp³-hybridized carbons (Fsp3) is 0.710. The van der Waals surface area contributed by atoms with E-state index in [-0.39, 0.29) is 32.0 Å². The number of phosphoric acid groups is 1. The van der Waals surface area contributed by atoms with Crippen LogP contribution in [-0.4, -0.2) is 74.9 Å². The summed E-state index contributed by atoms with van der Waals surface area (Å²) in [5, 5.41) is 0. The van der Waals surface area contributed by atoms with Gasteiger partial charge in [-0.2, -0.15) is 0 Å². The Kier molecular flexibility index (Phi) is 50.5. The lowest BCUT2D eigenvalue weighted by molar-refractivity contribution is -0.870. The van der Waals surface area contributed by atoms with E-state index in [2.05, 4.69) is 105 Å². The lowest BCUT2D eigenvalue weighted by Gasteiger charge is -2.24. The van der Waals surface area contributed by atoms with Crippen LogP contribution in [0.5, 0.6) is 0 Å². The van der Waals surface area contributed by atoms with Gasteiger partial charge in [0.1, 0.15) is 19.8 Å². The second-order valence-corrected chi connectivity index (χ2v) is 21.7. The number of phosphoric ester groups is 1. The summed E-state index contributed by atoms with van der Waals surface area (Å²) in [4.78, 5) is 35.7. The number of ether oxygens (including phenoxy) is 2. The van der Waals surface area contributed by atoms with Crippen molar-refractivity contribution in [3.05, 3.63) is 97.2 Å². The number of allylic oxidation sites excluding steroid dienone is 16. The van der Waals surface area contributed by atoms with Gasteiger partial charge in [-0.25, -0.2) is 4.57 Å². The Balaban J connectivity index is 4.27. The molecule has 0 fully saturated rings. The highest BCUT2D eigenvalue weighted by atomic mass is 31.2. The zero-order chi connectivity index (χ0) is 52.7. The van der Waals surface area contributed by atoms with Crippen LogP contribution < -0.4 is 0 Å². The topological polar surface area (TPSA) is 108 Å². The van der Waals surface area contributed by atoms with Gasteiger partial charge in [0.2, 0.25) is 0 Å². The van der Waals surface area contributed by atoms with Crippen molar-refractivity contribution >= 4 is 19.8 Å². The number of carbonyl (C=O) groups is 2. The Morgan fingerprint density at radius 3 is 1.24 bits per heavy atom. The third-order valence-electron chi connectivity index (χ3n) is 12.1. The predicted octanol–water partition coefficient (Wildman–Crippen LogP) is 18.0. The number of hydrogen-bond acceptors (Lipinski definition) is 7. The molecule has 414 valence electrons. The molecule has 0 rings (SSSR count). The summed E-state index contributed by atoms with van der Waals surface area (Å²) in [7, 11) is 1.43. The van der Waals surface area contributed by atoms with Crippen LogP contribution >= 0.6 is 7.82 Å². The molecule has 0 heterocycles. The first-order chi connectivity index (χ1) is 35.0. The van der Waals surface area contributed by atoms with E-state index in [1.807, 2.05) is 27.2 Å². The number of hydrogen-bond donors (Lipinski definition) is 1. The summed E-state index contributed by atoms with van der Waals surface area (Å²) in [6.07, 6.45) is 72.0. The number of unbranched alkanes of at least 4 members (excludes halogenated alkanes) is 22. The first kappa shape index (κ1) is 68.9. The molecule has 0 amide bonds. The fourth-order valence-corrected chi connectivity index (χ4v) is 8.39. The van der Waals surface area contributed by atoms with E-state index in [1.165, 1.54) is 128 Å². The fourth-order valence-electron chi connectivity index (χ4n) is 7.65. The van der Waals surface area contributed by atoms with Gasteiger partial charge in [0.05, 0.1) is 27.7 Å². The van der Waals surface area contributed by atoms with Crippen molar-refractivity contribution in [1.29, 1.82) is 0 Å².